The molecule has 6 nitrogen and oxygen atoms in total. The third-order valence-corrected chi connectivity index (χ3v) is 6.84. The molecule has 0 radical (unpaired) electrons. The van der Waals surface area contributed by atoms with Gasteiger partial charge < -0.3 is 5.32 Å². The van der Waals surface area contributed by atoms with E-state index in [1.54, 1.807) is 17.0 Å². The summed E-state index contributed by atoms with van der Waals surface area (Å²) in [5, 5.41) is 3.74. The van der Waals surface area contributed by atoms with Crippen LogP contribution in [0.2, 0.25) is 0 Å². The predicted molar refractivity (Wildman–Crippen MR) is 128 cm³/mol. The molecule has 32 heavy (non-hydrogen) atoms. The number of anilines is 1. The van der Waals surface area contributed by atoms with Crippen molar-refractivity contribution in [1.82, 2.24) is 14.5 Å². The lowest BCUT2D eigenvalue weighted by Crippen LogP contribution is -2.30. The molecule has 0 aliphatic heterocycles. The van der Waals surface area contributed by atoms with Gasteiger partial charge in [-0.05, 0) is 75.3 Å². The number of amides is 1. The number of benzene rings is 1. The minimum atomic E-state index is -0.254. The van der Waals surface area contributed by atoms with Crippen LogP contribution in [-0.4, -0.2) is 26.2 Å². The molecule has 4 rings (SSSR count). The summed E-state index contributed by atoms with van der Waals surface area (Å²) in [6, 6.07) is 7.97. The van der Waals surface area contributed by atoms with Crippen LogP contribution in [0.25, 0.3) is 0 Å². The maximum atomic E-state index is 12.9. The van der Waals surface area contributed by atoms with Crippen LogP contribution in [0, 0.1) is 20.8 Å². The maximum absolute atomic E-state index is 12.9. The minimum absolute atomic E-state index is 0.0858. The van der Waals surface area contributed by atoms with E-state index in [9.17, 15) is 9.59 Å². The SMILES string of the molecule is Cc1cc(C)c(NC(=O)CSc2nc(=O)n(Cc3ccncc3)c3c2CCCC3)c(C)c1. The molecule has 1 amide bonds. The first-order valence-electron chi connectivity index (χ1n) is 10.9. The van der Waals surface area contributed by atoms with Gasteiger partial charge in [0.05, 0.1) is 12.3 Å². The summed E-state index contributed by atoms with van der Waals surface area (Å²) in [7, 11) is 0. The van der Waals surface area contributed by atoms with Gasteiger partial charge >= 0.3 is 5.69 Å². The topological polar surface area (TPSA) is 76.9 Å². The molecule has 0 spiro atoms. The number of aromatic nitrogens is 3. The molecule has 0 bridgehead atoms. The highest BCUT2D eigenvalue weighted by Gasteiger charge is 2.21. The van der Waals surface area contributed by atoms with Crippen molar-refractivity contribution in [2.45, 2.75) is 58.0 Å². The van der Waals surface area contributed by atoms with Crippen LogP contribution in [0.1, 0.15) is 46.4 Å². The molecule has 2 heterocycles. The number of nitrogens with zero attached hydrogens (tertiary/aromatic N) is 3. The van der Waals surface area contributed by atoms with Crippen LogP contribution in [0.15, 0.2) is 46.5 Å². The molecule has 1 aliphatic rings. The van der Waals surface area contributed by atoms with Crippen LogP contribution in [-0.2, 0) is 24.2 Å². The fourth-order valence-electron chi connectivity index (χ4n) is 4.39. The van der Waals surface area contributed by atoms with Crippen molar-refractivity contribution in [3.05, 3.63) is 80.7 Å². The highest BCUT2D eigenvalue weighted by Crippen LogP contribution is 2.29. The summed E-state index contributed by atoms with van der Waals surface area (Å²) in [6.07, 6.45) is 7.35. The fraction of sp³-hybridized carbons (Fsp3) is 0.360. The zero-order chi connectivity index (χ0) is 22.7. The molecule has 1 N–H and O–H groups in total. The van der Waals surface area contributed by atoms with Crippen molar-refractivity contribution < 1.29 is 4.79 Å². The predicted octanol–water partition coefficient (Wildman–Crippen LogP) is 4.22. The maximum Gasteiger partial charge on any atom is 0.349 e. The lowest BCUT2D eigenvalue weighted by molar-refractivity contribution is -0.113. The third kappa shape index (κ3) is 4.93. The smallest absolute Gasteiger partial charge is 0.325 e. The summed E-state index contributed by atoms with van der Waals surface area (Å²) in [6.45, 7) is 6.55. The van der Waals surface area contributed by atoms with E-state index in [1.165, 1.54) is 17.3 Å². The molecule has 0 unspecified atom stereocenters. The van der Waals surface area contributed by atoms with Crippen LogP contribution < -0.4 is 11.0 Å². The minimum Gasteiger partial charge on any atom is -0.325 e. The number of hydrogen-bond acceptors (Lipinski definition) is 5. The first-order valence-corrected chi connectivity index (χ1v) is 11.9. The molecule has 1 aromatic carbocycles. The Hall–Kier alpha value is -2.93. The van der Waals surface area contributed by atoms with Crippen molar-refractivity contribution in [2.75, 3.05) is 11.1 Å². The van der Waals surface area contributed by atoms with E-state index in [-0.39, 0.29) is 17.3 Å². The van der Waals surface area contributed by atoms with Crippen molar-refractivity contribution >= 4 is 23.4 Å². The molecule has 0 fully saturated rings. The number of thioether (sulfide) groups is 1. The second-order valence-electron chi connectivity index (χ2n) is 8.38. The molecular formula is C25H28N4O2S. The molecule has 7 heteroatoms. The Morgan fingerprint density at radius 3 is 2.50 bits per heavy atom. The Labute approximate surface area is 192 Å². The van der Waals surface area contributed by atoms with Gasteiger partial charge in [-0.2, -0.15) is 4.98 Å². The van der Waals surface area contributed by atoms with Gasteiger partial charge in [0.1, 0.15) is 5.03 Å². The van der Waals surface area contributed by atoms with Gasteiger partial charge in [0.2, 0.25) is 5.91 Å². The summed E-state index contributed by atoms with van der Waals surface area (Å²) in [5.74, 6) is 0.136. The lowest BCUT2D eigenvalue weighted by Gasteiger charge is -2.22. The van der Waals surface area contributed by atoms with E-state index in [0.717, 1.165) is 59.3 Å². The number of carbonyl (C=O) groups is 1. The molecule has 3 aromatic rings. The van der Waals surface area contributed by atoms with E-state index in [0.29, 0.717) is 11.6 Å². The Balaban J connectivity index is 1.54. The fourth-order valence-corrected chi connectivity index (χ4v) is 5.26. The van der Waals surface area contributed by atoms with E-state index in [1.807, 2.05) is 32.9 Å². The molecule has 0 saturated heterocycles. The van der Waals surface area contributed by atoms with Gasteiger partial charge in [-0.1, -0.05) is 29.5 Å². The van der Waals surface area contributed by atoms with Gasteiger partial charge in [0.25, 0.3) is 0 Å². The van der Waals surface area contributed by atoms with E-state index < -0.39 is 0 Å². The van der Waals surface area contributed by atoms with Gasteiger partial charge in [0.15, 0.2) is 0 Å². The number of hydrogen-bond donors (Lipinski definition) is 1. The third-order valence-electron chi connectivity index (χ3n) is 5.82. The number of nitrogens with one attached hydrogen (secondary N) is 1. The number of rotatable bonds is 6. The van der Waals surface area contributed by atoms with E-state index in [2.05, 4.69) is 27.4 Å². The molecule has 0 saturated carbocycles. The first-order chi connectivity index (χ1) is 15.4. The van der Waals surface area contributed by atoms with Crippen molar-refractivity contribution in [2.24, 2.45) is 0 Å². The van der Waals surface area contributed by atoms with Gasteiger partial charge in [-0.3, -0.25) is 14.3 Å². The monoisotopic (exact) mass is 448 g/mol. The molecule has 0 atom stereocenters. The van der Waals surface area contributed by atoms with Crippen LogP contribution >= 0.6 is 11.8 Å². The summed E-state index contributed by atoms with van der Waals surface area (Å²) >= 11 is 1.36. The molecule has 166 valence electrons. The highest BCUT2D eigenvalue weighted by atomic mass is 32.2. The number of aryl methyl sites for hydroxylation is 3. The van der Waals surface area contributed by atoms with Crippen LogP contribution in [0.4, 0.5) is 5.69 Å². The highest BCUT2D eigenvalue weighted by molar-refractivity contribution is 8.00. The van der Waals surface area contributed by atoms with Crippen molar-refractivity contribution in [3.63, 3.8) is 0 Å². The zero-order valence-electron chi connectivity index (χ0n) is 18.8. The zero-order valence-corrected chi connectivity index (χ0v) is 19.6. The van der Waals surface area contributed by atoms with Crippen molar-refractivity contribution in [1.29, 1.82) is 0 Å². The Kier molecular flexibility index (Phi) is 6.74. The van der Waals surface area contributed by atoms with Crippen LogP contribution in [0.5, 0.6) is 0 Å². The molecular weight excluding hydrogens is 420 g/mol. The average Bonchev–Trinajstić information content (AvgIpc) is 2.77. The summed E-state index contributed by atoms with van der Waals surface area (Å²) < 4.78 is 1.78. The molecule has 1 aliphatic carbocycles. The lowest BCUT2D eigenvalue weighted by atomic mass is 9.97. The normalized spacial score (nSPS) is 13.0. The standard InChI is InChI=1S/C25H28N4O2S/c1-16-12-17(2)23(18(3)13-16)27-22(30)15-32-24-20-6-4-5-7-21(20)29(25(31)28-24)14-19-8-10-26-11-9-19/h8-13H,4-7,14-15H2,1-3H3,(H,27,30). The van der Waals surface area contributed by atoms with Gasteiger partial charge in [0, 0.05) is 29.3 Å². The second-order valence-corrected chi connectivity index (χ2v) is 9.35. The second kappa shape index (κ2) is 9.69. The Bertz CT molecular complexity index is 1180. The summed E-state index contributed by atoms with van der Waals surface area (Å²) in [5.41, 5.74) is 7.09. The van der Waals surface area contributed by atoms with Gasteiger partial charge in [-0.25, -0.2) is 4.79 Å². The van der Waals surface area contributed by atoms with Gasteiger partial charge in [-0.15, -0.1) is 0 Å². The first kappa shape index (κ1) is 22.3. The number of fused-ring (bicyclic) bond motifs is 1. The van der Waals surface area contributed by atoms with Crippen LogP contribution in [0.3, 0.4) is 0 Å². The Morgan fingerprint density at radius 2 is 1.78 bits per heavy atom. The average molecular weight is 449 g/mol. The number of carbonyl (C=O) groups excluding carboxylic acids is 1. The molecule has 2 aromatic heterocycles. The number of pyridine rings is 1. The van der Waals surface area contributed by atoms with Crippen molar-refractivity contribution in [3.8, 4) is 0 Å². The Morgan fingerprint density at radius 1 is 1.09 bits per heavy atom. The quantitative estimate of drug-likeness (QED) is 0.451. The largest absolute Gasteiger partial charge is 0.349 e. The van der Waals surface area contributed by atoms with E-state index >= 15 is 0 Å². The summed E-state index contributed by atoms with van der Waals surface area (Å²) in [4.78, 5) is 34.0. The van der Waals surface area contributed by atoms with E-state index in [4.69, 9.17) is 0 Å².